The number of hydrogen-bond donors (Lipinski definition) is 2. The standard InChI is InChI=1S/C22H26N4O3S/c1-16-23-13-14-26(16)15-17-5-9-19(10-6-17)24-21(27)18-7-11-20(12-8-18)30(28,29)25-22(2,3)4/h5-14,25H,15H2,1-4H3,(H,24,27). The molecule has 0 radical (unpaired) electrons. The number of sulfonamides is 1. The molecule has 3 aromatic rings. The van der Waals surface area contributed by atoms with Crippen molar-refractivity contribution in [2.75, 3.05) is 5.32 Å². The Balaban J connectivity index is 1.65. The number of anilines is 1. The van der Waals surface area contributed by atoms with Crippen LogP contribution in [0.4, 0.5) is 5.69 Å². The average Bonchev–Trinajstić information content (AvgIpc) is 3.06. The molecular weight excluding hydrogens is 400 g/mol. The second-order valence-electron chi connectivity index (χ2n) is 8.13. The van der Waals surface area contributed by atoms with Crippen LogP contribution in [0, 0.1) is 6.92 Å². The molecule has 158 valence electrons. The highest BCUT2D eigenvalue weighted by Crippen LogP contribution is 2.16. The molecule has 0 unspecified atom stereocenters. The molecule has 1 amide bonds. The van der Waals surface area contributed by atoms with E-state index < -0.39 is 15.6 Å². The molecule has 3 rings (SSSR count). The summed E-state index contributed by atoms with van der Waals surface area (Å²) in [5.74, 6) is 0.636. The Hall–Kier alpha value is -2.97. The van der Waals surface area contributed by atoms with Crippen molar-refractivity contribution in [3.05, 3.63) is 77.9 Å². The number of carbonyl (C=O) groups is 1. The van der Waals surface area contributed by atoms with Crippen molar-refractivity contribution in [1.29, 1.82) is 0 Å². The molecular formula is C22H26N4O3S. The molecule has 0 saturated carbocycles. The monoisotopic (exact) mass is 426 g/mol. The maximum Gasteiger partial charge on any atom is 0.255 e. The van der Waals surface area contributed by atoms with Gasteiger partial charge in [-0.2, -0.15) is 0 Å². The lowest BCUT2D eigenvalue weighted by Gasteiger charge is -2.20. The molecule has 30 heavy (non-hydrogen) atoms. The average molecular weight is 427 g/mol. The number of hydrogen-bond acceptors (Lipinski definition) is 4. The summed E-state index contributed by atoms with van der Waals surface area (Å²) in [6, 6.07) is 13.4. The van der Waals surface area contributed by atoms with Gasteiger partial charge in [0.05, 0.1) is 4.90 Å². The quantitative estimate of drug-likeness (QED) is 0.630. The van der Waals surface area contributed by atoms with E-state index in [0.717, 1.165) is 11.4 Å². The maximum absolute atomic E-state index is 12.5. The third kappa shape index (κ3) is 5.55. The molecule has 1 heterocycles. The molecule has 2 N–H and O–H groups in total. The molecule has 0 aliphatic heterocycles. The fourth-order valence-corrected chi connectivity index (χ4v) is 4.33. The molecule has 0 spiro atoms. The van der Waals surface area contributed by atoms with Gasteiger partial charge < -0.3 is 9.88 Å². The van der Waals surface area contributed by atoms with E-state index >= 15 is 0 Å². The van der Waals surface area contributed by atoms with Crippen LogP contribution in [-0.4, -0.2) is 29.4 Å². The van der Waals surface area contributed by atoms with Crippen molar-refractivity contribution in [1.82, 2.24) is 14.3 Å². The van der Waals surface area contributed by atoms with Crippen LogP contribution in [0.1, 0.15) is 42.5 Å². The number of imidazole rings is 1. The van der Waals surface area contributed by atoms with Gasteiger partial charge in [-0.3, -0.25) is 4.79 Å². The summed E-state index contributed by atoms with van der Waals surface area (Å²) in [4.78, 5) is 16.8. The second kappa shape index (κ2) is 8.41. The number of amides is 1. The minimum atomic E-state index is -3.64. The largest absolute Gasteiger partial charge is 0.331 e. The Kier molecular flexibility index (Phi) is 6.09. The van der Waals surface area contributed by atoms with Crippen molar-refractivity contribution in [3.8, 4) is 0 Å². The fourth-order valence-electron chi connectivity index (χ4n) is 2.91. The molecule has 7 nitrogen and oxygen atoms in total. The Morgan fingerprint density at radius 2 is 1.67 bits per heavy atom. The van der Waals surface area contributed by atoms with Gasteiger partial charge in [-0.05, 0) is 69.7 Å². The van der Waals surface area contributed by atoms with E-state index in [1.165, 1.54) is 24.3 Å². The van der Waals surface area contributed by atoms with E-state index in [1.807, 2.05) is 42.0 Å². The lowest BCUT2D eigenvalue weighted by atomic mass is 10.1. The smallest absolute Gasteiger partial charge is 0.255 e. The van der Waals surface area contributed by atoms with Crippen LogP contribution < -0.4 is 10.0 Å². The van der Waals surface area contributed by atoms with Gasteiger partial charge in [-0.15, -0.1) is 0 Å². The first-order valence-corrected chi connectivity index (χ1v) is 11.0. The zero-order valence-corrected chi connectivity index (χ0v) is 18.3. The highest BCUT2D eigenvalue weighted by atomic mass is 32.2. The topological polar surface area (TPSA) is 93.1 Å². The van der Waals surface area contributed by atoms with Crippen LogP contribution in [0.25, 0.3) is 0 Å². The number of benzene rings is 2. The van der Waals surface area contributed by atoms with Crippen molar-refractivity contribution in [2.45, 2.75) is 44.7 Å². The highest BCUT2D eigenvalue weighted by Gasteiger charge is 2.22. The minimum absolute atomic E-state index is 0.119. The van der Waals surface area contributed by atoms with Crippen LogP contribution in [0.2, 0.25) is 0 Å². The lowest BCUT2D eigenvalue weighted by Crippen LogP contribution is -2.40. The zero-order valence-electron chi connectivity index (χ0n) is 17.5. The summed E-state index contributed by atoms with van der Waals surface area (Å²) < 4.78 is 29.4. The lowest BCUT2D eigenvalue weighted by molar-refractivity contribution is 0.102. The second-order valence-corrected chi connectivity index (χ2v) is 9.82. The molecule has 0 atom stereocenters. The SMILES string of the molecule is Cc1nccn1Cc1ccc(NC(=O)c2ccc(S(=O)(=O)NC(C)(C)C)cc2)cc1. The van der Waals surface area contributed by atoms with E-state index in [0.29, 0.717) is 17.8 Å². The first-order chi connectivity index (χ1) is 14.0. The molecule has 0 fully saturated rings. The van der Waals surface area contributed by atoms with Crippen molar-refractivity contribution >= 4 is 21.6 Å². The van der Waals surface area contributed by atoms with Gasteiger partial charge in [-0.25, -0.2) is 18.1 Å². The summed E-state index contributed by atoms with van der Waals surface area (Å²) in [6.45, 7) is 7.97. The Labute approximate surface area is 177 Å². The molecule has 0 saturated heterocycles. The number of aromatic nitrogens is 2. The molecule has 2 aromatic carbocycles. The third-order valence-corrected chi connectivity index (χ3v) is 6.13. The Morgan fingerprint density at radius 1 is 1.03 bits per heavy atom. The number of carbonyl (C=O) groups excluding carboxylic acids is 1. The summed E-state index contributed by atoms with van der Waals surface area (Å²) in [7, 11) is -3.64. The third-order valence-electron chi connectivity index (χ3n) is 4.36. The fraction of sp³-hybridized carbons (Fsp3) is 0.273. The van der Waals surface area contributed by atoms with Gasteiger partial charge in [0, 0.05) is 35.7 Å². The minimum Gasteiger partial charge on any atom is -0.331 e. The summed E-state index contributed by atoms with van der Waals surface area (Å²) in [5.41, 5.74) is 1.55. The van der Waals surface area contributed by atoms with Crippen LogP contribution in [0.15, 0.2) is 65.8 Å². The summed E-state index contributed by atoms with van der Waals surface area (Å²) >= 11 is 0. The van der Waals surface area contributed by atoms with Gasteiger partial charge in [0.2, 0.25) is 10.0 Å². The number of aryl methyl sites for hydroxylation is 1. The highest BCUT2D eigenvalue weighted by molar-refractivity contribution is 7.89. The zero-order chi connectivity index (χ0) is 21.9. The molecule has 0 aliphatic carbocycles. The molecule has 0 aliphatic rings. The van der Waals surface area contributed by atoms with E-state index in [4.69, 9.17) is 0 Å². The Morgan fingerprint density at radius 3 is 2.20 bits per heavy atom. The predicted octanol–water partition coefficient (Wildman–Crippen LogP) is 3.57. The number of nitrogens with one attached hydrogen (secondary N) is 2. The summed E-state index contributed by atoms with van der Waals surface area (Å²) in [6.07, 6.45) is 3.69. The summed E-state index contributed by atoms with van der Waals surface area (Å²) in [5, 5.41) is 2.83. The van der Waals surface area contributed by atoms with Crippen LogP contribution >= 0.6 is 0 Å². The first-order valence-electron chi connectivity index (χ1n) is 9.56. The van der Waals surface area contributed by atoms with Gasteiger partial charge in [0.25, 0.3) is 5.91 Å². The number of rotatable bonds is 6. The normalized spacial score (nSPS) is 12.0. The van der Waals surface area contributed by atoms with Gasteiger partial charge >= 0.3 is 0 Å². The van der Waals surface area contributed by atoms with Crippen molar-refractivity contribution in [3.63, 3.8) is 0 Å². The van der Waals surface area contributed by atoms with E-state index in [9.17, 15) is 13.2 Å². The van der Waals surface area contributed by atoms with E-state index in [-0.39, 0.29) is 10.8 Å². The van der Waals surface area contributed by atoms with Crippen LogP contribution in [-0.2, 0) is 16.6 Å². The van der Waals surface area contributed by atoms with Crippen molar-refractivity contribution in [2.24, 2.45) is 0 Å². The number of nitrogens with zero attached hydrogens (tertiary/aromatic N) is 2. The maximum atomic E-state index is 12.5. The van der Waals surface area contributed by atoms with Gasteiger partial charge in [0.1, 0.15) is 5.82 Å². The van der Waals surface area contributed by atoms with E-state index in [1.54, 1.807) is 27.0 Å². The van der Waals surface area contributed by atoms with Crippen LogP contribution in [0.5, 0.6) is 0 Å². The molecule has 8 heteroatoms. The van der Waals surface area contributed by atoms with Crippen LogP contribution in [0.3, 0.4) is 0 Å². The van der Waals surface area contributed by atoms with E-state index in [2.05, 4.69) is 15.0 Å². The molecule has 1 aromatic heterocycles. The predicted molar refractivity (Wildman–Crippen MR) is 117 cm³/mol. The Bertz CT molecular complexity index is 1130. The first kappa shape index (κ1) is 21.7. The molecule has 0 bridgehead atoms. The van der Waals surface area contributed by atoms with Crippen molar-refractivity contribution < 1.29 is 13.2 Å². The van der Waals surface area contributed by atoms with Gasteiger partial charge in [0.15, 0.2) is 0 Å². The van der Waals surface area contributed by atoms with Gasteiger partial charge in [-0.1, -0.05) is 12.1 Å².